The molecule has 2 aromatic rings. The van der Waals surface area contributed by atoms with Gasteiger partial charge in [-0.15, -0.1) is 10.2 Å². The Labute approximate surface area is 102 Å². The molecule has 5 nitrogen and oxygen atoms in total. The Kier molecular flexibility index (Phi) is 3.14. The van der Waals surface area contributed by atoms with Gasteiger partial charge in [0.2, 0.25) is 0 Å². The molecule has 1 aromatic heterocycles. The molecule has 0 atom stereocenters. The van der Waals surface area contributed by atoms with Crippen molar-refractivity contribution >= 4 is 17.7 Å². The number of rotatable bonds is 3. The van der Waals surface area contributed by atoms with Crippen LogP contribution in [0.2, 0.25) is 0 Å². The maximum Gasteiger partial charge on any atom is 0.335 e. The lowest BCUT2D eigenvalue weighted by molar-refractivity contribution is 0.0696. The van der Waals surface area contributed by atoms with Crippen LogP contribution in [0.15, 0.2) is 34.6 Å². The van der Waals surface area contributed by atoms with Crippen LogP contribution >= 0.6 is 11.8 Å². The van der Waals surface area contributed by atoms with Crippen molar-refractivity contribution < 1.29 is 9.90 Å². The molecule has 0 unspecified atom stereocenters. The smallest absolute Gasteiger partial charge is 0.335 e. The quantitative estimate of drug-likeness (QED) is 0.900. The number of aromatic nitrogens is 3. The minimum Gasteiger partial charge on any atom is -0.478 e. The van der Waals surface area contributed by atoms with Gasteiger partial charge in [0.25, 0.3) is 0 Å². The first-order valence-corrected chi connectivity index (χ1v) is 5.75. The maximum absolute atomic E-state index is 10.9. The second kappa shape index (κ2) is 4.58. The Morgan fingerprint density at radius 2 is 2.24 bits per heavy atom. The molecule has 0 aliphatic carbocycles. The molecule has 1 N–H and O–H groups in total. The Bertz CT molecular complexity index is 566. The molecule has 1 heterocycles. The Morgan fingerprint density at radius 1 is 1.47 bits per heavy atom. The fourth-order valence-corrected chi connectivity index (χ4v) is 2.27. The Hall–Kier alpha value is -1.82. The molecule has 0 radical (unpaired) electrons. The first-order valence-electron chi connectivity index (χ1n) is 4.93. The first-order chi connectivity index (χ1) is 8.08. The van der Waals surface area contributed by atoms with Gasteiger partial charge in [-0.3, -0.25) is 0 Å². The summed E-state index contributed by atoms with van der Waals surface area (Å²) in [6.45, 7) is 1.78. The van der Waals surface area contributed by atoms with Crippen LogP contribution in [0.3, 0.4) is 0 Å². The van der Waals surface area contributed by atoms with Crippen molar-refractivity contribution in [3.05, 3.63) is 35.7 Å². The van der Waals surface area contributed by atoms with Gasteiger partial charge in [0.05, 0.1) is 5.56 Å². The van der Waals surface area contributed by atoms with Gasteiger partial charge in [-0.1, -0.05) is 0 Å². The normalized spacial score (nSPS) is 10.5. The van der Waals surface area contributed by atoms with Gasteiger partial charge in [-0.05, 0) is 42.4 Å². The van der Waals surface area contributed by atoms with Crippen molar-refractivity contribution in [1.29, 1.82) is 0 Å². The summed E-state index contributed by atoms with van der Waals surface area (Å²) >= 11 is 1.45. The summed E-state index contributed by atoms with van der Waals surface area (Å²) in [6.07, 6.45) is 1.63. The van der Waals surface area contributed by atoms with Crippen LogP contribution in [0, 0.1) is 6.92 Å². The number of carboxylic acids is 1. The third-order valence-corrected chi connectivity index (χ3v) is 3.35. The third-order valence-electron chi connectivity index (χ3n) is 2.31. The number of aromatic carboxylic acids is 1. The Balaban J connectivity index is 2.27. The number of hydrogen-bond donors (Lipinski definition) is 1. The summed E-state index contributed by atoms with van der Waals surface area (Å²) < 4.78 is 1.81. The first kappa shape index (κ1) is 11.7. The van der Waals surface area contributed by atoms with Gasteiger partial charge in [0.1, 0.15) is 6.33 Å². The molecule has 88 valence electrons. The molecule has 0 fully saturated rings. The zero-order valence-corrected chi connectivity index (χ0v) is 10.2. The molecule has 6 heteroatoms. The summed E-state index contributed by atoms with van der Waals surface area (Å²) in [4.78, 5) is 11.8. The van der Waals surface area contributed by atoms with Crippen LogP contribution in [0.25, 0.3) is 0 Å². The largest absolute Gasteiger partial charge is 0.478 e. The van der Waals surface area contributed by atoms with Crippen molar-refractivity contribution in [3.63, 3.8) is 0 Å². The summed E-state index contributed by atoms with van der Waals surface area (Å²) in [7, 11) is 1.86. The van der Waals surface area contributed by atoms with Crippen LogP contribution in [0.1, 0.15) is 15.9 Å². The highest BCUT2D eigenvalue weighted by atomic mass is 32.2. The highest BCUT2D eigenvalue weighted by Crippen LogP contribution is 2.26. The average Bonchev–Trinajstić information content (AvgIpc) is 2.64. The van der Waals surface area contributed by atoms with Crippen LogP contribution in [-0.2, 0) is 7.05 Å². The van der Waals surface area contributed by atoms with Gasteiger partial charge < -0.3 is 9.67 Å². The summed E-state index contributed by atoms with van der Waals surface area (Å²) in [6, 6.07) is 5.22. The number of carboxylic acid groups (broad SMARTS) is 1. The molecular weight excluding hydrogens is 238 g/mol. The van der Waals surface area contributed by atoms with Crippen molar-refractivity contribution in [1.82, 2.24) is 14.8 Å². The van der Waals surface area contributed by atoms with Crippen LogP contribution in [0.4, 0.5) is 0 Å². The van der Waals surface area contributed by atoms with E-state index in [0.717, 1.165) is 15.6 Å². The lowest BCUT2D eigenvalue weighted by Gasteiger charge is -2.04. The van der Waals surface area contributed by atoms with Crippen molar-refractivity contribution in [2.24, 2.45) is 7.05 Å². The zero-order valence-electron chi connectivity index (χ0n) is 9.41. The van der Waals surface area contributed by atoms with E-state index in [0.29, 0.717) is 5.56 Å². The molecule has 0 spiro atoms. The van der Waals surface area contributed by atoms with E-state index < -0.39 is 5.97 Å². The molecule has 0 bridgehead atoms. The van der Waals surface area contributed by atoms with E-state index in [4.69, 9.17) is 5.11 Å². The van der Waals surface area contributed by atoms with Crippen LogP contribution in [-0.4, -0.2) is 25.8 Å². The van der Waals surface area contributed by atoms with E-state index in [1.54, 1.807) is 25.4 Å². The predicted octanol–water partition coefficient (Wildman–Crippen LogP) is 1.97. The van der Waals surface area contributed by atoms with E-state index in [-0.39, 0.29) is 0 Å². The topological polar surface area (TPSA) is 68.0 Å². The number of hydrogen-bond acceptors (Lipinski definition) is 4. The molecule has 1 aromatic carbocycles. The van der Waals surface area contributed by atoms with Crippen molar-refractivity contribution in [2.45, 2.75) is 17.0 Å². The maximum atomic E-state index is 10.9. The Morgan fingerprint density at radius 3 is 2.76 bits per heavy atom. The van der Waals surface area contributed by atoms with E-state index in [1.165, 1.54) is 11.8 Å². The van der Waals surface area contributed by atoms with E-state index in [1.807, 2.05) is 17.7 Å². The van der Waals surface area contributed by atoms with Gasteiger partial charge in [0.15, 0.2) is 5.16 Å². The minimum atomic E-state index is -0.905. The molecule has 0 saturated carbocycles. The molecule has 0 amide bonds. The lowest BCUT2D eigenvalue weighted by Crippen LogP contribution is -1.99. The molecule has 17 heavy (non-hydrogen) atoms. The molecule has 0 aliphatic rings. The molecule has 2 rings (SSSR count). The van der Waals surface area contributed by atoms with Gasteiger partial charge in [0, 0.05) is 11.9 Å². The molecule has 0 saturated heterocycles. The van der Waals surface area contributed by atoms with Gasteiger partial charge in [-0.2, -0.15) is 0 Å². The standard InChI is InChI=1S/C11H11N3O2S/c1-7-5-8(3-4-9(7)10(15)16)17-11-13-12-6-14(11)2/h3-6H,1-2H3,(H,15,16). The summed E-state index contributed by atoms with van der Waals surface area (Å²) in [5.41, 5.74) is 1.07. The molecule has 0 aliphatic heterocycles. The monoisotopic (exact) mass is 249 g/mol. The van der Waals surface area contributed by atoms with E-state index in [9.17, 15) is 4.79 Å². The predicted molar refractivity (Wildman–Crippen MR) is 63.3 cm³/mol. The fourth-order valence-electron chi connectivity index (χ4n) is 1.41. The molecular formula is C11H11N3O2S. The minimum absolute atomic E-state index is 0.326. The lowest BCUT2D eigenvalue weighted by atomic mass is 10.1. The van der Waals surface area contributed by atoms with E-state index >= 15 is 0 Å². The fraction of sp³-hybridized carbons (Fsp3) is 0.182. The zero-order chi connectivity index (χ0) is 12.4. The van der Waals surface area contributed by atoms with E-state index in [2.05, 4.69) is 10.2 Å². The van der Waals surface area contributed by atoms with Crippen molar-refractivity contribution in [2.75, 3.05) is 0 Å². The third kappa shape index (κ3) is 2.47. The van der Waals surface area contributed by atoms with Crippen LogP contribution < -0.4 is 0 Å². The van der Waals surface area contributed by atoms with Crippen molar-refractivity contribution in [3.8, 4) is 0 Å². The van der Waals surface area contributed by atoms with Gasteiger partial charge >= 0.3 is 5.97 Å². The highest BCUT2D eigenvalue weighted by Gasteiger charge is 2.09. The summed E-state index contributed by atoms with van der Waals surface area (Å²) in [5.74, 6) is -0.905. The number of carbonyl (C=O) groups is 1. The number of aryl methyl sites for hydroxylation is 2. The SMILES string of the molecule is Cc1cc(Sc2nncn2C)ccc1C(=O)O. The summed E-state index contributed by atoms with van der Waals surface area (Å²) in [5, 5.41) is 17.4. The second-order valence-corrected chi connectivity index (χ2v) is 4.65. The average molecular weight is 249 g/mol. The second-order valence-electron chi connectivity index (χ2n) is 3.61. The van der Waals surface area contributed by atoms with Crippen LogP contribution in [0.5, 0.6) is 0 Å². The number of benzene rings is 1. The van der Waals surface area contributed by atoms with Gasteiger partial charge in [-0.25, -0.2) is 4.79 Å². The number of nitrogens with zero attached hydrogens (tertiary/aromatic N) is 3. The highest BCUT2D eigenvalue weighted by molar-refractivity contribution is 7.99.